The fraction of sp³-hybridized carbons (Fsp3) is 0.348. The van der Waals surface area contributed by atoms with Gasteiger partial charge in [-0.15, -0.1) is 0 Å². The van der Waals surface area contributed by atoms with Gasteiger partial charge in [-0.1, -0.05) is 23.8 Å². The fourth-order valence-electron chi connectivity index (χ4n) is 4.30. The lowest BCUT2D eigenvalue weighted by Crippen LogP contribution is -2.49. The van der Waals surface area contributed by atoms with E-state index in [1.165, 1.54) is 0 Å². The quantitative estimate of drug-likeness (QED) is 0.763. The number of hydrogen-bond donors (Lipinski definition) is 2. The van der Waals surface area contributed by atoms with Gasteiger partial charge < -0.3 is 15.4 Å². The van der Waals surface area contributed by atoms with Gasteiger partial charge in [0.25, 0.3) is 5.91 Å². The second-order valence-corrected chi connectivity index (χ2v) is 7.92. The maximum atomic E-state index is 13.5. The summed E-state index contributed by atoms with van der Waals surface area (Å²) < 4.78 is 5.30. The molecule has 1 spiro atoms. The van der Waals surface area contributed by atoms with Crippen LogP contribution < -0.4 is 15.4 Å². The van der Waals surface area contributed by atoms with E-state index in [4.69, 9.17) is 4.74 Å². The van der Waals surface area contributed by atoms with Crippen molar-refractivity contribution in [3.05, 3.63) is 59.2 Å². The average Bonchev–Trinajstić information content (AvgIpc) is 2.98. The van der Waals surface area contributed by atoms with Crippen molar-refractivity contribution in [2.24, 2.45) is 0 Å². The first kappa shape index (κ1) is 19.9. The van der Waals surface area contributed by atoms with Gasteiger partial charge in [0, 0.05) is 5.69 Å². The predicted octanol–water partition coefficient (Wildman–Crippen LogP) is 3.11. The van der Waals surface area contributed by atoms with Crippen molar-refractivity contribution in [3.8, 4) is 5.75 Å². The van der Waals surface area contributed by atoms with E-state index in [2.05, 4.69) is 10.6 Å². The number of rotatable bonds is 4. The van der Waals surface area contributed by atoms with Gasteiger partial charge in [-0.3, -0.25) is 9.59 Å². The molecule has 0 aromatic heterocycles. The second kappa shape index (κ2) is 7.48. The van der Waals surface area contributed by atoms with E-state index in [1.54, 1.807) is 32.2 Å². The van der Waals surface area contributed by atoms with E-state index in [9.17, 15) is 14.4 Å². The standard InChI is InChI=1S/C23H25N3O4/c1-14-6-8-17(9-7-14)24-20(27)15(2)26-21(28)23(25-22(26)29)12-4-5-16-13-18(30-3)10-11-19(16)23/h6-11,13,15H,4-5,12H2,1-3H3,(H,24,27)(H,25,29)/t15-,23+/m0/s1. The van der Waals surface area contributed by atoms with Crippen LogP contribution in [0.1, 0.15) is 36.5 Å². The summed E-state index contributed by atoms with van der Waals surface area (Å²) in [5.74, 6) is -0.0828. The molecule has 4 amide bonds. The zero-order chi connectivity index (χ0) is 21.5. The molecule has 7 nitrogen and oxygen atoms in total. The van der Waals surface area contributed by atoms with Crippen LogP contribution in [0.2, 0.25) is 0 Å². The Kier molecular flexibility index (Phi) is 4.97. The molecule has 7 heteroatoms. The van der Waals surface area contributed by atoms with Crippen molar-refractivity contribution >= 4 is 23.5 Å². The number of imide groups is 1. The van der Waals surface area contributed by atoms with Crippen molar-refractivity contribution in [1.82, 2.24) is 10.2 Å². The molecule has 2 aromatic rings. The number of carbonyl (C=O) groups excluding carboxylic acids is 3. The Balaban J connectivity index is 1.60. The summed E-state index contributed by atoms with van der Waals surface area (Å²) in [6.45, 7) is 3.52. The summed E-state index contributed by atoms with van der Waals surface area (Å²) in [5.41, 5.74) is 2.32. The third kappa shape index (κ3) is 3.20. The Morgan fingerprint density at radius 2 is 1.93 bits per heavy atom. The van der Waals surface area contributed by atoms with Crippen LogP contribution in [-0.2, 0) is 21.5 Å². The molecule has 2 atom stereocenters. The Morgan fingerprint density at radius 3 is 2.63 bits per heavy atom. The number of carbonyl (C=O) groups is 3. The van der Waals surface area contributed by atoms with Crippen LogP contribution in [0.5, 0.6) is 5.75 Å². The summed E-state index contributed by atoms with van der Waals surface area (Å²) in [6.07, 6.45) is 2.06. The molecule has 1 heterocycles. The number of nitrogens with one attached hydrogen (secondary N) is 2. The van der Waals surface area contributed by atoms with Crippen molar-refractivity contribution < 1.29 is 19.1 Å². The van der Waals surface area contributed by atoms with Gasteiger partial charge in [-0.2, -0.15) is 0 Å². The van der Waals surface area contributed by atoms with Crippen molar-refractivity contribution in [2.45, 2.75) is 44.7 Å². The number of ether oxygens (including phenoxy) is 1. The highest BCUT2D eigenvalue weighted by Crippen LogP contribution is 2.41. The van der Waals surface area contributed by atoms with Crippen LogP contribution in [0.4, 0.5) is 10.5 Å². The van der Waals surface area contributed by atoms with E-state index in [0.29, 0.717) is 17.9 Å². The van der Waals surface area contributed by atoms with Crippen LogP contribution in [0, 0.1) is 6.92 Å². The van der Waals surface area contributed by atoms with Crippen LogP contribution >= 0.6 is 0 Å². The molecule has 0 unspecified atom stereocenters. The van der Waals surface area contributed by atoms with Crippen LogP contribution in [0.25, 0.3) is 0 Å². The predicted molar refractivity (Wildman–Crippen MR) is 112 cm³/mol. The van der Waals surface area contributed by atoms with Gasteiger partial charge in [0.2, 0.25) is 5.91 Å². The van der Waals surface area contributed by atoms with Gasteiger partial charge in [-0.25, -0.2) is 9.69 Å². The largest absolute Gasteiger partial charge is 0.497 e. The molecule has 1 fully saturated rings. The number of hydrogen-bond acceptors (Lipinski definition) is 4. The van der Waals surface area contributed by atoms with E-state index in [-0.39, 0.29) is 5.91 Å². The lowest BCUT2D eigenvalue weighted by molar-refractivity contribution is -0.137. The molecule has 1 aliphatic heterocycles. The highest BCUT2D eigenvalue weighted by atomic mass is 16.5. The first-order valence-corrected chi connectivity index (χ1v) is 10.1. The number of urea groups is 1. The summed E-state index contributed by atoms with van der Waals surface area (Å²) in [7, 11) is 1.60. The molecular formula is C23H25N3O4. The SMILES string of the molecule is COc1ccc2c(c1)CCC[C@@]21NC(=O)N([C@@H](C)C(=O)Nc2ccc(C)cc2)C1=O. The van der Waals surface area contributed by atoms with Gasteiger partial charge in [0.1, 0.15) is 17.3 Å². The molecule has 4 rings (SSSR count). The Hall–Kier alpha value is -3.35. The molecule has 156 valence electrons. The van der Waals surface area contributed by atoms with Gasteiger partial charge in [0.15, 0.2) is 0 Å². The normalized spacial score (nSPS) is 21.2. The smallest absolute Gasteiger partial charge is 0.326 e. The topological polar surface area (TPSA) is 87.7 Å². The van der Waals surface area contributed by atoms with Crippen molar-refractivity contribution in [1.29, 1.82) is 0 Å². The van der Waals surface area contributed by atoms with Gasteiger partial charge in [0.05, 0.1) is 7.11 Å². The molecule has 0 saturated carbocycles. The number of amides is 4. The number of nitrogens with zero attached hydrogens (tertiary/aromatic N) is 1. The molecule has 2 aromatic carbocycles. The molecule has 0 radical (unpaired) electrons. The van der Waals surface area contributed by atoms with Crippen LogP contribution in [0.3, 0.4) is 0 Å². The molecular weight excluding hydrogens is 382 g/mol. The number of benzene rings is 2. The lowest BCUT2D eigenvalue weighted by atomic mass is 9.76. The Morgan fingerprint density at radius 1 is 1.20 bits per heavy atom. The Labute approximate surface area is 175 Å². The molecule has 0 bridgehead atoms. The van der Waals surface area contributed by atoms with E-state index < -0.39 is 23.5 Å². The highest BCUT2D eigenvalue weighted by Gasteiger charge is 2.56. The number of aryl methyl sites for hydroxylation is 2. The first-order chi connectivity index (χ1) is 14.4. The fourth-order valence-corrected chi connectivity index (χ4v) is 4.30. The lowest BCUT2D eigenvalue weighted by Gasteiger charge is -2.34. The minimum Gasteiger partial charge on any atom is -0.497 e. The maximum absolute atomic E-state index is 13.5. The zero-order valence-electron chi connectivity index (χ0n) is 17.3. The number of anilines is 1. The minimum absolute atomic E-state index is 0.384. The summed E-state index contributed by atoms with van der Waals surface area (Å²) in [5, 5.41) is 5.67. The number of fused-ring (bicyclic) bond motifs is 2. The summed E-state index contributed by atoms with van der Waals surface area (Å²) >= 11 is 0. The first-order valence-electron chi connectivity index (χ1n) is 10.1. The average molecular weight is 407 g/mol. The number of methoxy groups -OCH3 is 1. The van der Waals surface area contributed by atoms with Crippen LogP contribution in [-0.4, -0.2) is 35.9 Å². The zero-order valence-corrected chi connectivity index (χ0v) is 17.3. The minimum atomic E-state index is -1.13. The highest BCUT2D eigenvalue weighted by molar-refractivity contribution is 6.11. The van der Waals surface area contributed by atoms with Crippen molar-refractivity contribution in [3.63, 3.8) is 0 Å². The summed E-state index contributed by atoms with van der Waals surface area (Å²) in [4.78, 5) is 40.1. The molecule has 1 aliphatic carbocycles. The molecule has 1 saturated heterocycles. The third-order valence-electron chi connectivity index (χ3n) is 5.98. The molecule has 2 N–H and O–H groups in total. The maximum Gasteiger partial charge on any atom is 0.326 e. The summed E-state index contributed by atoms with van der Waals surface area (Å²) in [6, 6.07) is 11.4. The second-order valence-electron chi connectivity index (χ2n) is 7.92. The van der Waals surface area contributed by atoms with Crippen LogP contribution in [0.15, 0.2) is 42.5 Å². The molecule has 30 heavy (non-hydrogen) atoms. The van der Waals surface area contributed by atoms with Crippen molar-refractivity contribution in [2.75, 3.05) is 12.4 Å². The Bertz CT molecular complexity index is 1020. The monoisotopic (exact) mass is 407 g/mol. The van der Waals surface area contributed by atoms with E-state index >= 15 is 0 Å². The molecule has 2 aliphatic rings. The van der Waals surface area contributed by atoms with Gasteiger partial charge in [-0.05, 0) is 68.5 Å². The van der Waals surface area contributed by atoms with Gasteiger partial charge >= 0.3 is 6.03 Å². The van der Waals surface area contributed by atoms with E-state index in [1.807, 2.05) is 31.2 Å². The third-order valence-corrected chi connectivity index (χ3v) is 5.98. The van der Waals surface area contributed by atoms with E-state index in [0.717, 1.165) is 34.4 Å².